The molecule has 2 aliphatic heterocycles. The van der Waals surface area contributed by atoms with Gasteiger partial charge < -0.3 is 25.0 Å². The summed E-state index contributed by atoms with van der Waals surface area (Å²) >= 11 is 0. The van der Waals surface area contributed by atoms with E-state index in [4.69, 9.17) is 9.47 Å². The first kappa shape index (κ1) is 35.8. The maximum absolute atomic E-state index is 14.7. The Labute approximate surface area is 303 Å². The summed E-state index contributed by atoms with van der Waals surface area (Å²) < 4.78 is 11.6. The van der Waals surface area contributed by atoms with Gasteiger partial charge in [-0.3, -0.25) is 39.4 Å². The SMILES string of the molecule is C=C[C@@H]1CC[C@]1(NC(=O)[C@@H]1C[C@@H](OC(=O)N2Cc3nccnc3C2)CN1C(=O)[C@@H](NC(=O)OC1CCCC1)C1CCCCC1)C(=O)NC(=O)C1CC1. The third kappa shape index (κ3) is 7.49. The van der Waals surface area contributed by atoms with E-state index in [9.17, 15) is 28.8 Å². The molecule has 0 aromatic carbocycles. The van der Waals surface area contributed by atoms with Crippen LogP contribution in [0.5, 0.6) is 0 Å². The summed E-state index contributed by atoms with van der Waals surface area (Å²) in [6, 6.07) is -2.08. The van der Waals surface area contributed by atoms with Gasteiger partial charge in [-0.2, -0.15) is 0 Å². The largest absolute Gasteiger partial charge is 0.446 e. The molecule has 6 amide bonds. The molecule has 52 heavy (non-hydrogen) atoms. The van der Waals surface area contributed by atoms with Gasteiger partial charge in [0, 0.05) is 30.7 Å². The number of imide groups is 1. The Morgan fingerprint density at radius 2 is 1.52 bits per heavy atom. The van der Waals surface area contributed by atoms with Crippen molar-refractivity contribution in [2.75, 3.05) is 6.54 Å². The Morgan fingerprint density at radius 3 is 2.13 bits per heavy atom. The number of nitrogens with zero attached hydrogens (tertiary/aromatic N) is 4. The van der Waals surface area contributed by atoms with Gasteiger partial charge in [-0.15, -0.1) is 6.58 Å². The molecule has 3 N–H and O–H groups in total. The molecule has 1 aromatic rings. The minimum absolute atomic E-state index is 0.0258. The molecule has 1 saturated heterocycles. The van der Waals surface area contributed by atoms with Crippen molar-refractivity contribution in [2.45, 2.75) is 133 Å². The monoisotopic (exact) mass is 719 g/mol. The average Bonchev–Trinajstić information content (AvgIpc) is 3.47. The molecule has 0 unspecified atom stereocenters. The van der Waals surface area contributed by atoms with Crippen LogP contribution in [0.4, 0.5) is 9.59 Å². The summed E-state index contributed by atoms with van der Waals surface area (Å²) in [5.74, 6) is -2.84. The predicted molar refractivity (Wildman–Crippen MR) is 184 cm³/mol. The summed E-state index contributed by atoms with van der Waals surface area (Å²) in [4.78, 5) is 93.3. The van der Waals surface area contributed by atoms with Crippen molar-refractivity contribution in [3.05, 3.63) is 36.4 Å². The predicted octanol–water partition coefficient (Wildman–Crippen LogP) is 3.02. The van der Waals surface area contributed by atoms with Crippen molar-refractivity contribution >= 4 is 35.8 Å². The molecule has 0 spiro atoms. The van der Waals surface area contributed by atoms with Gasteiger partial charge in [0.25, 0.3) is 5.91 Å². The normalized spacial score (nSPS) is 27.9. The van der Waals surface area contributed by atoms with Crippen LogP contribution in [0.15, 0.2) is 25.0 Å². The van der Waals surface area contributed by atoms with E-state index in [1.54, 1.807) is 18.5 Å². The molecule has 0 bridgehead atoms. The molecule has 0 radical (unpaired) electrons. The summed E-state index contributed by atoms with van der Waals surface area (Å²) in [6.45, 7) is 4.22. The molecule has 15 nitrogen and oxygen atoms in total. The zero-order valence-electron chi connectivity index (χ0n) is 29.6. The first-order chi connectivity index (χ1) is 25.1. The van der Waals surface area contributed by atoms with Crippen LogP contribution in [0, 0.1) is 17.8 Å². The maximum atomic E-state index is 14.7. The standard InChI is InChI=1S/C37H49N7O8/c1-2-24-14-15-37(24,34(48)41-31(45)23-12-13-23)42-32(46)29-18-26(52-36(50)43-20-27-28(21-43)39-17-16-38-27)19-44(29)33(47)30(22-8-4-3-5-9-22)40-35(49)51-25-10-6-7-11-25/h2,16-17,22-26,29-30H,1,3-15,18-21H2,(H,40,49)(H,42,46)(H,41,45,48)/t24-,26-,29+,30+,37-/m1/s1. The summed E-state index contributed by atoms with van der Waals surface area (Å²) in [7, 11) is 0. The van der Waals surface area contributed by atoms with Gasteiger partial charge >= 0.3 is 12.2 Å². The molecule has 4 saturated carbocycles. The smallest absolute Gasteiger partial charge is 0.410 e. The van der Waals surface area contributed by atoms with Crippen LogP contribution in [-0.4, -0.2) is 92.0 Å². The number of amides is 6. The van der Waals surface area contributed by atoms with Crippen molar-refractivity contribution in [3.8, 4) is 0 Å². The van der Waals surface area contributed by atoms with Gasteiger partial charge in [0.1, 0.15) is 29.8 Å². The number of carbonyl (C=O) groups excluding carboxylic acids is 6. The van der Waals surface area contributed by atoms with Crippen molar-refractivity contribution in [3.63, 3.8) is 0 Å². The van der Waals surface area contributed by atoms with Crippen LogP contribution < -0.4 is 16.0 Å². The third-order valence-electron chi connectivity index (χ3n) is 11.9. The quantitative estimate of drug-likeness (QED) is 0.240. The summed E-state index contributed by atoms with van der Waals surface area (Å²) in [5.41, 5.74) is -0.0704. The van der Waals surface area contributed by atoms with Crippen molar-refractivity contribution in [1.82, 2.24) is 35.7 Å². The Hall–Kier alpha value is -4.56. The minimum Gasteiger partial charge on any atom is -0.446 e. The van der Waals surface area contributed by atoms with Crippen LogP contribution in [0.2, 0.25) is 0 Å². The molecule has 6 aliphatic rings. The highest BCUT2D eigenvalue weighted by Crippen LogP contribution is 2.41. The lowest BCUT2D eigenvalue weighted by Crippen LogP contribution is -2.70. The van der Waals surface area contributed by atoms with Crippen LogP contribution in [-0.2, 0) is 41.7 Å². The molecule has 5 atom stereocenters. The molecule has 15 heteroatoms. The lowest BCUT2D eigenvalue weighted by atomic mass is 9.65. The number of rotatable bonds is 10. The second-order valence-corrected chi connectivity index (χ2v) is 15.3. The van der Waals surface area contributed by atoms with Crippen molar-refractivity contribution in [1.29, 1.82) is 0 Å². The zero-order chi connectivity index (χ0) is 36.4. The molecule has 7 rings (SSSR count). The molecule has 280 valence electrons. The van der Waals surface area contributed by atoms with Gasteiger partial charge in [-0.1, -0.05) is 25.3 Å². The fraction of sp³-hybridized carbons (Fsp3) is 0.676. The van der Waals surface area contributed by atoms with Crippen molar-refractivity contribution < 1.29 is 38.2 Å². The van der Waals surface area contributed by atoms with Crippen molar-refractivity contribution in [2.24, 2.45) is 17.8 Å². The summed E-state index contributed by atoms with van der Waals surface area (Å²) in [5, 5.41) is 8.29. The van der Waals surface area contributed by atoms with E-state index in [-0.39, 0.29) is 56.3 Å². The number of hydrogen-bond acceptors (Lipinski definition) is 10. The number of fused-ring (bicyclic) bond motifs is 1. The number of hydrogen-bond donors (Lipinski definition) is 3. The lowest BCUT2D eigenvalue weighted by molar-refractivity contribution is -0.147. The highest BCUT2D eigenvalue weighted by atomic mass is 16.6. The van der Waals surface area contributed by atoms with E-state index >= 15 is 0 Å². The second kappa shape index (κ2) is 15.2. The van der Waals surface area contributed by atoms with Crippen LogP contribution in [0.1, 0.15) is 101 Å². The molecular formula is C37H49N7O8. The molecule has 3 heterocycles. The Bertz CT molecular complexity index is 1560. The molecular weight excluding hydrogens is 670 g/mol. The Morgan fingerprint density at radius 1 is 0.846 bits per heavy atom. The van der Waals surface area contributed by atoms with E-state index < -0.39 is 59.6 Å². The first-order valence-electron chi connectivity index (χ1n) is 19.0. The van der Waals surface area contributed by atoms with Crippen LogP contribution in [0.3, 0.4) is 0 Å². The average molecular weight is 720 g/mol. The van der Waals surface area contributed by atoms with Crippen LogP contribution >= 0.6 is 0 Å². The highest BCUT2D eigenvalue weighted by Gasteiger charge is 2.55. The van der Waals surface area contributed by atoms with Gasteiger partial charge in [-0.25, -0.2) is 9.59 Å². The van der Waals surface area contributed by atoms with E-state index in [0.717, 1.165) is 57.8 Å². The molecule has 1 aromatic heterocycles. The lowest BCUT2D eigenvalue weighted by Gasteiger charge is -2.47. The number of nitrogens with one attached hydrogen (secondary N) is 3. The zero-order valence-corrected chi connectivity index (χ0v) is 29.6. The maximum Gasteiger partial charge on any atom is 0.410 e. The number of carbonyl (C=O) groups is 6. The van der Waals surface area contributed by atoms with Gasteiger partial charge in [0.2, 0.25) is 17.7 Å². The van der Waals surface area contributed by atoms with Gasteiger partial charge in [0.15, 0.2) is 0 Å². The molecule has 4 aliphatic carbocycles. The fourth-order valence-corrected chi connectivity index (χ4v) is 8.53. The van der Waals surface area contributed by atoms with E-state index in [1.165, 1.54) is 9.80 Å². The second-order valence-electron chi connectivity index (χ2n) is 15.3. The van der Waals surface area contributed by atoms with E-state index in [1.807, 2.05) is 0 Å². The number of alkyl carbamates (subject to hydrolysis) is 1. The van der Waals surface area contributed by atoms with E-state index in [0.29, 0.717) is 30.7 Å². The fourth-order valence-electron chi connectivity index (χ4n) is 8.53. The highest BCUT2D eigenvalue weighted by molar-refractivity contribution is 6.04. The van der Waals surface area contributed by atoms with Gasteiger partial charge in [0.05, 0.1) is 31.0 Å². The van der Waals surface area contributed by atoms with Crippen LogP contribution in [0.25, 0.3) is 0 Å². The molecule has 5 fully saturated rings. The number of likely N-dealkylation sites (tertiary alicyclic amines) is 1. The Kier molecular flexibility index (Phi) is 10.5. The topological polar surface area (TPSA) is 189 Å². The minimum atomic E-state index is -1.42. The van der Waals surface area contributed by atoms with E-state index in [2.05, 4.69) is 32.5 Å². The number of aromatic nitrogens is 2. The van der Waals surface area contributed by atoms with Gasteiger partial charge in [-0.05, 0) is 70.1 Å². The third-order valence-corrected chi connectivity index (χ3v) is 11.9. The first-order valence-corrected chi connectivity index (χ1v) is 19.0. The number of ether oxygens (including phenoxy) is 2. The summed E-state index contributed by atoms with van der Waals surface area (Å²) in [6.07, 6.45) is 12.4. The Balaban J connectivity index is 1.12.